The van der Waals surface area contributed by atoms with Gasteiger partial charge < -0.3 is 9.15 Å². The number of nitrogens with zero attached hydrogens (tertiary/aromatic N) is 1. The number of rotatable bonds is 3. The Morgan fingerprint density at radius 3 is 2.84 bits per heavy atom. The Morgan fingerprint density at radius 2 is 2.16 bits per heavy atom. The summed E-state index contributed by atoms with van der Waals surface area (Å²) < 4.78 is 37.4. The van der Waals surface area contributed by atoms with E-state index in [2.05, 4.69) is 4.98 Å². The van der Waals surface area contributed by atoms with E-state index in [9.17, 15) is 13.6 Å². The number of halogens is 2. The van der Waals surface area contributed by atoms with Crippen molar-refractivity contribution < 1.29 is 22.7 Å². The fraction of sp³-hybridized carbons (Fsp3) is 0.231. The molecule has 0 aliphatic rings. The predicted octanol–water partition coefficient (Wildman–Crippen LogP) is 3.10. The van der Waals surface area contributed by atoms with Crippen LogP contribution in [0.15, 0.2) is 22.9 Å². The van der Waals surface area contributed by atoms with Crippen molar-refractivity contribution in [3.05, 3.63) is 41.4 Å². The first-order chi connectivity index (χ1) is 9.06. The maximum absolute atomic E-state index is 14.0. The van der Waals surface area contributed by atoms with Gasteiger partial charge in [0.15, 0.2) is 17.8 Å². The van der Waals surface area contributed by atoms with Crippen molar-refractivity contribution in [1.29, 1.82) is 0 Å². The van der Waals surface area contributed by atoms with Gasteiger partial charge in [0.2, 0.25) is 0 Å². The number of ether oxygens (including phenoxy) is 1. The van der Waals surface area contributed by atoms with Gasteiger partial charge in [-0.15, -0.1) is 0 Å². The van der Waals surface area contributed by atoms with E-state index in [4.69, 9.17) is 9.15 Å². The Bertz CT molecular complexity index is 622. The lowest BCUT2D eigenvalue weighted by Gasteiger charge is -2.06. The molecule has 4 nitrogen and oxygen atoms in total. The molecule has 2 aromatic rings. The molecule has 19 heavy (non-hydrogen) atoms. The van der Waals surface area contributed by atoms with E-state index < -0.39 is 23.2 Å². The van der Waals surface area contributed by atoms with Gasteiger partial charge in [-0.25, -0.2) is 18.6 Å². The van der Waals surface area contributed by atoms with Gasteiger partial charge >= 0.3 is 5.97 Å². The summed E-state index contributed by atoms with van der Waals surface area (Å²) in [6.07, 6.45) is 0.947. The Balaban J connectivity index is 2.58. The summed E-state index contributed by atoms with van der Waals surface area (Å²) in [5, 5.41) is 0. The monoisotopic (exact) mass is 267 g/mol. The molecule has 0 unspecified atom stereocenters. The molecule has 0 fully saturated rings. The number of hydrogen-bond donors (Lipinski definition) is 0. The Hall–Kier alpha value is -2.24. The number of esters is 1. The van der Waals surface area contributed by atoms with Crippen LogP contribution >= 0.6 is 0 Å². The van der Waals surface area contributed by atoms with E-state index in [1.54, 1.807) is 6.92 Å². The normalized spacial score (nSPS) is 10.5. The zero-order valence-electron chi connectivity index (χ0n) is 10.4. The van der Waals surface area contributed by atoms with Crippen molar-refractivity contribution in [2.24, 2.45) is 0 Å². The fourth-order valence-electron chi connectivity index (χ4n) is 1.63. The summed E-state index contributed by atoms with van der Waals surface area (Å²) in [6, 6.07) is 2.40. The molecule has 2 rings (SSSR count). The van der Waals surface area contributed by atoms with Gasteiger partial charge in [-0.1, -0.05) is 6.07 Å². The number of hydrogen-bond acceptors (Lipinski definition) is 4. The number of oxazole rings is 1. The average molecular weight is 267 g/mol. The van der Waals surface area contributed by atoms with Gasteiger partial charge in [0.05, 0.1) is 12.2 Å². The number of carbonyl (C=O) groups is 1. The van der Waals surface area contributed by atoms with Crippen LogP contribution in [0.2, 0.25) is 0 Å². The van der Waals surface area contributed by atoms with Crippen molar-refractivity contribution >= 4 is 5.97 Å². The van der Waals surface area contributed by atoms with Crippen LogP contribution in [0.3, 0.4) is 0 Å². The first-order valence-electron chi connectivity index (χ1n) is 5.61. The maximum Gasteiger partial charge on any atom is 0.360 e. The minimum Gasteiger partial charge on any atom is -0.461 e. The van der Waals surface area contributed by atoms with Crippen LogP contribution in [0.1, 0.15) is 23.0 Å². The largest absolute Gasteiger partial charge is 0.461 e. The van der Waals surface area contributed by atoms with Gasteiger partial charge in [-0.3, -0.25) is 0 Å². The highest BCUT2D eigenvalue weighted by Gasteiger charge is 2.25. The number of carbonyl (C=O) groups excluding carboxylic acids is 1. The highest BCUT2D eigenvalue weighted by atomic mass is 19.1. The van der Waals surface area contributed by atoms with E-state index in [0.717, 1.165) is 12.5 Å². The molecule has 0 aliphatic heterocycles. The van der Waals surface area contributed by atoms with E-state index in [1.165, 1.54) is 13.0 Å². The lowest BCUT2D eigenvalue weighted by atomic mass is 10.1. The van der Waals surface area contributed by atoms with Crippen molar-refractivity contribution in [3.8, 4) is 11.3 Å². The third kappa shape index (κ3) is 2.33. The van der Waals surface area contributed by atoms with Crippen molar-refractivity contribution in [3.63, 3.8) is 0 Å². The zero-order chi connectivity index (χ0) is 14.0. The summed E-state index contributed by atoms with van der Waals surface area (Å²) >= 11 is 0. The molecule has 6 heteroatoms. The third-order valence-corrected chi connectivity index (χ3v) is 2.55. The first kappa shape index (κ1) is 13.2. The fourth-order valence-corrected chi connectivity index (χ4v) is 1.63. The van der Waals surface area contributed by atoms with Crippen molar-refractivity contribution in [2.45, 2.75) is 13.8 Å². The van der Waals surface area contributed by atoms with Gasteiger partial charge in [0.25, 0.3) is 0 Å². The molecule has 0 radical (unpaired) electrons. The standard InChI is InChI=1S/C13H11F2NO3/c1-3-18-13(17)11-12(19-6-16-11)9-8(14)5-4-7(2)10(9)15/h4-6H,3H2,1-2H3. The molecule has 1 aromatic heterocycles. The SMILES string of the molecule is CCOC(=O)c1ncoc1-c1c(F)ccc(C)c1F. The number of aryl methyl sites for hydroxylation is 1. The Kier molecular flexibility index (Phi) is 3.59. The molecule has 100 valence electrons. The zero-order valence-corrected chi connectivity index (χ0v) is 10.4. The minimum atomic E-state index is -0.828. The first-order valence-corrected chi connectivity index (χ1v) is 5.61. The van der Waals surface area contributed by atoms with Crippen LogP contribution in [-0.2, 0) is 4.74 Å². The van der Waals surface area contributed by atoms with Crippen LogP contribution in [0.5, 0.6) is 0 Å². The molecule has 0 atom stereocenters. The second-order valence-electron chi connectivity index (χ2n) is 3.80. The summed E-state index contributed by atoms with van der Waals surface area (Å²) in [5.74, 6) is -2.67. The molecule has 0 aliphatic carbocycles. The van der Waals surface area contributed by atoms with Gasteiger partial charge in [-0.05, 0) is 25.5 Å². The number of benzene rings is 1. The Labute approximate surface area is 108 Å². The quantitative estimate of drug-likeness (QED) is 0.802. The second kappa shape index (κ2) is 5.17. The van der Waals surface area contributed by atoms with Crippen LogP contribution in [0, 0.1) is 18.6 Å². The van der Waals surface area contributed by atoms with Crippen molar-refractivity contribution in [1.82, 2.24) is 4.98 Å². The summed E-state index contributed by atoms with van der Waals surface area (Å²) in [5.41, 5.74) is -0.423. The van der Waals surface area contributed by atoms with Gasteiger partial charge in [0, 0.05) is 0 Å². The van der Waals surface area contributed by atoms with E-state index in [-0.39, 0.29) is 23.6 Å². The van der Waals surface area contributed by atoms with Gasteiger partial charge in [0.1, 0.15) is 11.6 Å². The van der Waals surface area contributed by atoms with Crippen LogP contribution in [-0.4, -0.2) is 17.6 Å². The minimum absolute atomic E-state index is 0.129. The van der Waals surface area contributed by atoms with Crippen LogP contribution in [0.4, 0.5) is 8.78 Å². The van der Waals surface area contributed by atoms with E-state index >= 15 is 0 Å². The van der Waals surface area contributed by atoms with Crippen LogP contribution < -0.4 is 0 Å². The smallest absolute Gasteiger partial charge is 0.360 e. The predicted molar refractivity (Wildman–Crippen MR) is 62.5 cm³/mol. The third-order valence-electron chi connectivity index (χ3n) is 2.55. The molecule has 1 heterocycles. The molecule has 0 N–H and O–H groups in total. The molecule has 0 bridgehead atoms. The van der Waals surface area contributed by atoms with E-state index in [1.807, 2.05) is 0 Å². The summed E-state index contributed by atoms with van der Waals surface area (Å²) in [6.45, 7) is 3.23. The maximum atomic E-state index is 14.0. The lowest BCUT2D eigenvalue weighted by molar-refractivity contribution is 0.0520. The molecule has 0 saturated carbocycles. The molecule has 1 aromatic carbocycles. The number of aromatic nitrogens is 1. The summed E-state index contributed by atoms with van der Waals surface area (Å²) in [4.78, 5) is 15.3. The topological polar surface area (TPSA) is 52.3 Å². The Morgan fingerprint density at radius 1 is 1.42 bits per heavy atom. The highest BCUT2D eigenvalue weighted by molar-refractivity contribution is 5.93. The highest BCUT2D eigenvalue weighted by Crippen LogP contribution is 2.30. The van der Waals surface area contributed by atoms with Crippen molar-refractivity contribution in [2.75, 3.05) is 6.61 Å². The molecule has 0 spiro atoms. The van der Waals surface area contributed by atoms with E-state index in [0.29, 0.717) is 0 Å². The second-order valence-corrected chi connectivity index (χ2v) is 3.80. The molecular formula is C13H11F2NO3. The van der Waals surface area contributed by atoms with Gasteiger partial charge in [-0.2, -0.15) is 0 Å². The van der Waals surface area contributed by atoms with Crippen LogP contribution in [0.25, 0.3) is 11.3 Å². The lowest BCUT2D eigenvalue weighted by Crippen LogP contribution is -2.07. The molecule has 0 saturated heterocycles. The summed E-state index contributed by atoms with van der Waals surface area (Å²) in [7, 11) is 0. The average Bonchev–Trinajstić information content (AvgIpc) is 2.84. The molecular weight excluding hydrogens is 256 g/mol. The molecule has 0 amide bonds.